The predicted molar refractivity (Wildman–Crippen MR) is 96.0 cm³/mol. The minimum absolute atomic E-state index is 0.248. The Balaban J connectivity index is 2.88. The van der Waals surface area contributed by atoms with E-state index in [0.29, 0.717) is 0 Å². The first-order valence-corrected chi connectivity index (χ1v) is 11.5. The number of aromatic nitrogens is 1. The number of nitrogens with zero attached hydrogens (tertiary/aromatic N) is 1. The highest BCUT2D eigenvalue weighted by Crippen LogP contribution is 2.34. The van der Waals surface area contributed by atoms with E-state index < -0.39 is 8.07 Å². The van der Waals surface area contributed by atoms with Crippen molar-refractivity contribution < 1.29 is 9.53 Å². The lowest BCUT2D eigenvalue weighted by Crippen LogP contribution is -2.41. The third kappa shape index (κ3) is 2.84. The van der Waals surface area contributed by atoms with Crippen molar-refractivity contribution in [2.45, 2.75) is 53.3 Å². The van der Waals surface area contributed by atoms with E-state index in [-0.39, 0.29) is 5.97 Å². The zero-order valence-corrected chi connectivity index (χ0v) is 15.8. The summed E-state index contributed by atoms with van der Waals surface area (Å²) in [5.74, 6) is 0.520. The molecule has 0 fully saturated rings. The molecule has 0 atom stereocenters. The summed E-state index contributed by atoms with van der Waals surface area (Å²) >= 11 is 0. The van der Waals surface area contributed by atoms with Crippen LogP contribution < -0.4 is 10.1 Å². The van der Waals surface area contributed by atoms with Gasteiger partial charge >= 0.3 is 5.97 Å². The summed E-state index contributed by atoms with van der Waals surface area (Å²) < 4.78 is 7.92. The van der Waals surface area contributed by atoms with Gasteiger partial charge in [0.25, 0.3) is 0 Å². The standard InChI is InChI=1S/C18H27NO2Si/c1-8-13-10-16-15(11-17(19(16)4)22(5,6)7)18(14(13)9-2)21-12(3)20/h10-11H,8-9H2,1-7H3. The van der Waals surface area contributed by atoms with Gasteiger partial charge in [0.1, 0.15) is 5.75 Å². The molecule has 0 amide bonds. The van der Waals surface area contributed by atoms with Gasteiger partial charge in [-0.3, -0.25) is 4.79 Å². The van der Waals surface area contributed by atoms with E-state index >= 15 is 0 Å². The van der Waals surface area contributed by atoms with Gasteiger partial charge in [-0.15, -0.1) is 0 Å². The van der Waals surface area contributed by atoms with Crippen LogP contribution >= 0.6 is 0 Å². The largest absolute Gasteiger partial charge is 0.426 e. The third-order valence-electron chi connectivity index (χ3n) is 4.25. The minimum atomic E-state index is -1.46. The number of carbonyl (C=O) groups is 1. The van der Waals surface area contributed by atoms with Gasteiger partial charge in [-0.2, -0.15) is 0 Å². The average molecular weight is 318 g/mol. The number of carbonyl (C=O) groups excluding carboxylic acids is 1. The number of aryl methyl sites for hydroxylation is 2. The fraction of sp³-hybridized carbons (Fsp3) is 0.500. The summed E-state index contributed by atoms with van der Waals surface area (Å²) in [6, 6.07) is 4.50. The molecule has 120 valence electrons. The van der Waals surface area contributed by atoms with Gasteiger partial charge in [-0.1, -0.05) is 33.5 Å². The van der Waals surface area contributed by atoms with Crippen LogP contribution in [-0.4, -0.2) is 18.6 Å². The molecule has 1 aromatic heterocycles. The van der Waals surface area contributed by atoms with Gasteiger partial charge in [0.05, 0.1) is 13.6 Å². The van der Waals surface area contributed by atoms with Crippen molar-refractivity contribution in [2.24, 2.45) is 7.05 Å². The molecule has 0 spiro atoms. The molecule has 0 aliphatic rings. The van der Waals surface area contributed by atoms with E-state index in [1.165, 1.54) is 23.3 Å². The van der Waals surface area contributed by atoms with Crippen LogP contribution in [0.2, 0.25) is 19.6 Å². The molecule has 0 unspecified atom stereocenters. The molecule has 1 aromatic carbocycles. The lowest BCUT2D eigenvalue weighted by atomic mass is 9.99. The van der Waals surface area contributed by atoms with Crippen LogP contribution in [0.4, 0.5) is 0 Å². The zero-order valence-electron chi connectivity index (χ0n) is 14.8. The van der Waals surface area contributed by atoms with E-state index in [1.54, 1.807) is 0 Å². The fourth-order valence-corrected chi connectivity index (χ4v) is 4.92. The molecule has 0 saturated carbocycles. The summed E-state index contributed by atoms with van der Waals surface area (Å²) in [5, 5.41) is 2.45. The van der Waals surface area contributed by atoms with Crippen molar-refractivity contribution in [3.63, 3.8) is 0 Å². The van der Waals surface area contributed by atoms with Gasteiger partial charge in [0.2, 0.25) is 0 Å². The molecular weight excluding hydrogens is 290 g/mol. The molecule has 22 heavy (non-hydrogen) atoms. The summed E-state index contributed by atoms with van der Waals surface area (Å²) in [7, 11) is 0.667. The first kappa shape index (κ1) is 16.8. The number of hydrogen-bond donors (Lipinski definition) is 0. The normalized spacial score (nSPS) is 12.0. The predicted octanol–water partition coefficient (Wildman–Crippen LogP) is 3.77. The third-order valence-corrected chi connectivity index (χ3v) is 6.26. The smallest absolute Gasteiger partial charge is 0.308 e. The summed E-state index contributed by atoms with van der Waals surface area (Å²) in [5.41, 5.74) is 3.61. The molecule has 3 nitrogen and oxygen atoms in total. The molecule has 0 saturated heterocycles. The fourth-order valence-electron chi connectivity index (χ4n) is 3.22. The molecule has 0 bridgehead atoms. The van der Waals surface area contributed by atoms with E-state index in [4.69, 9.17) is 4.74 Å². The highest BCUT2D eigenvalue weighted by atomic mass is 28.3. The van der Waals surface area contributed by atoms with E-state index in [9.17, 15) is 4.79 Å². The first-order chi connectivity index (χ1) is 10.2. The Morgan fingerprint density at radius 2 is 1.82 bits per heavy atom. The second kappa shape index (κ2) is 5.92. The van der Waals surface area contributed by atoms with Crippen LogP contribution in [0.15, 0.2) is 12.1 Å². The Labute approximate surface area is 134 Å². The summed E-state index contributed by atoms with van der Waals surface area (Å²) in [4.78, 5) is 11.6. The number of esters is 1. The number of rotatable bonds is 4. The van der Waals surface area contributed by atoms with Crippen molar-refractivity contribution in [1.29, 1.82) is 0 Å². The van der Waals surface area contributed by atoms with Crippen molar-refractivity contribution in [3.8, 4) is 5.75 Å². The van der Waals surface area contributed by atoms with E-state index in [0.717, 1.165) is 29.5 Å². The van der Waals surface area contributed by atoms with E-state index in [2.05, 4.69) is 57.2 Å². The van der Waals surface area contributed by atoms with Crippen molar-refractivity contribution >= 4 is 30.3 Å². The average Bonchev–Trinajstić information content (AvgIpc) is 2.75. The van der Waals surface area contributed by atoms with Crippen LogP contribution in [0.3, 0.4) is 0 Å². The van der Waals surface area contributed by atoms with Gasteiger partial charge in [-0.05, 0) is 36.1 Å². The first-order valence-electron chi connectivity index (χ1n) is 8.03. The van der Waals surface area contributed by atoms with Crippen LogP contribution in [0.1, 0.15) is 31.9 Å². The SMILES string of the molecule is CCc1cc2c(cc([Si](C)(C)C)n2C)c(OC(C)=O)c1CC. The molecule has 0 N–H and O–H groups in total. The van der Waals surface area contributed by atoms with Gasteiger partial charge < -0.3 is 9.30 Å². The Hall–Kier alpha value is -1.55. The number of hydrogen-bond acceptors (Lipinski definition) is 2. The van der Waals surface area contributed by atoms with Crippen LogP contribution in [0.25, 0.3) is 10.9 Å². The van der Waals surface area contributed by atoms with Gasteiger partial charge in [0.15, 0.2) is 0 Å². The van der Waals surface area contributed by atoms with Crippen molar-refractivity contribution in [1.82, 2.24) is 4.57 Å². The number of ether oxygens (including phenoxy) is 1. The topological polar surface area (TPSA) is 31.2 Å². The van der Waals surface area contributed by atoms with Crippen molar-refractivity contribution in [3.05, 3.63) is 23.3 Å². The van der Waals surface area contributed by atoms with Gasteiger partial charge in [-0.25, -0.2) is 0 Å². The van der Waals surface area contributed by atoms with Crippen LogP contribution in [-0.2, 0) is 24.7 Å². The Morgan fingerprint density at radius 3 is 2.27 bits per heavy atom. The Morgan fingerprint density at radius 1 is 1.18 bits per heavy atom. The minimum Gasteiger partial charge on any atom is -0.426 e. The maximum Gasteiger partial charge on any atom is 0.308 e. The Bertz CT molecular complexity index is 723. The molecule has 2 rings (SSSR count). The molecule has 4 heteroatoms. The second-order valence-electron chi connectivity index (χ2n) is 6.92. The Kier molecular flexibility index (Phi) is 4.52. The van der Waals surface area contributed by atoms with Crippen LogP contribution in [0.5, 0.6) is 5.75 Å². The van der Waals surface area contributed by atoms with E-state index in [1.807, 2.05) is 0 Å². The second-order valence-corrected chi connectivity index (χ2v) is 11.9. The van der Waals surface area contributed by atoms with Crippen LogP contribution in [0, 0.1) is 0 Å². The molecule has 0 aliphatic carbocycles. The number of fused-ring (bicyclic) bond motifs is 1. The maximum atomic E-state index is 11.6. The maximum absolute atomic E-state index is 11.6. The molecular formula is C18H27NO2Si. The lowest BCUT2D eigenvalue weighted by molar-refractivity contribution is -0.131. The molecule has 0 radical (unpaired) electrons. The molecule has 1 heterocycles. The highest BCUT2D eigenvalue weighted by molar-refractivity contribution is 6.88. The van der Waals surface area contributed by atoms with Gasteiger partial charge in [0, 0.05) is 24.7 Å². The monoisotopic (exact) mass is 317 g/mol. The summed E-state index contributed by atoms with van der Waals surface area (Å²) in [6.07, 6.45) is 1.82. The lowest BCUT2D eigenvalue weighted by Gasteiger charge is -2.17. The van der Waals surface area contributed by atoms with Crippen molar-refractivity contribution in [2.75, 3.05) is 0 Å². The molecule has 2 aromatic rings. The highest BCUT2D eigenvalue weighted by Gasteiger charge is 2.25. The zero-order chi connectivity index (χ0) is 16.7. The quantitative estimate of drug-likeness (QED) is 0.488. The molecule has 0 aliphatic heterocycles. The summed E-state index contributed by atoms with van der Waals surface area (Å²) in [6.45, 7) is 12.8. The number of benzene rings is 1.